The number of rotatable bonds is 4. The lowest BCUT2D eigenvalue weighted by Gasteiger charge is -2.28. The van der Waals surface area contributed by atoms with Gasteiger partial charge in [0.25, 0.3) is 0 Å². The summed E-state index contributed by atoms with van der Waals surface area (Å²) in [5.41, 5.74) is 0. The number of carbonyl (C=O) groups is 1. The predicted molar refractivity (Wildman–Crippen MR) is 56.1 cm³/mol. The van der Waals surface area contributed by atoms with Gasteiger partial charge in [0.1, 0.15) is 0 Å². The summed E-state index contributed by atoms with van der Waals surface area (Å²) in [6.07, 6.45) is 4.29. The van der Waals surface area contributed by atoms with E-state index in [9.17, 15) is 4.79 Å². The smallest absolute Gasteiger partial charge is 0.306 e. The fourth-order valence-electron chi connectivity index (χ4n) is 1.99. The molecule has 82 valence electrons. The minimum atomic E-state index is -0.0626. The lowest BCUT2D eigenvalue weighted by Crippen LogP contribution is -2.39. The molecule has 3 heteroatoms. The highest BCUT2D eigenvalue weighted by Crippen LogP contribution is 2.18. The molecule has 14 heavy (non-hydrogen) atoms. The first kappa shape index (κ1) is 11.5. The van der Waals surface area contributed by atoms with Crippen molar-refractivity contribution >= 4 is 5.97 Å². The topological polar surface area (TPSA) is 38.3 Å². The summed E-state index contributed by atoms with van der Waals surface area (Å²) in [6.45, 7) is 5.56. The Morgan fingerprint density at radius 2 is 2.36 bits per heavy atom. The maximum absolute atomic E-state index is 11.2. The third-order valence-corrected chi connectivity index (χ3v) is 2.83. The summed E-state index contributed by atoms with van der Waals surface area (Å²) in [5, 5.41) is 3.46. The zero-order valence-electron chi connectivity index (χ0n) is 9.21. The first-order chi connectivity index (χ1) is 6.74. The summed E-state index contributed by atoms with van der Waals surface area (Å²) in [4.78, 5) is 11.2. The van der Waals surface area contributed by atoms with Gasteiger partial charge in [0.15, 0.2) is 0 Å². The van der Waals surface area contributed by atoms with E-state index in [0.29, 0.717) is 25.0 Å². The predicted octanol–water partition coefficient (Wildman–Crippen LogP) is 1.72. The molecule has 1 saturated heterocycles. The van der Waals surface area contributed by atoms with Gasteiger partial charge in [-0.1, -0.05) is 13.3 Å². The molecule has 0 aromatic heterocycles. The van der Waals surface area contributed by atoms with Gasteiger partial charge in [-0.25, -0.2) is 0 Å². The summed E-state index contributed by atoms with van der Waals surface area (Å²) >= 11 is 0. The van der Waals surface area contributed by atoms with Crippen molar-refractivity contribution in [2.45, 2.75) is 45.6 Å². The molecule has 1 fully saturated rings. The molecule has 1 rings (SSSR count). The quantitative estimate of drug-likeness (QED) is 0.701. The van der Waals surface area contributed by atoms with Crippen LogP contribution in [0.1, 0.15) is 39.5 Å². The van der Waals surface area contributed by atoms with Gasteiger partial charge in [-0.15, -0.1) is 0 Å². The molecule has 0 aromatic carbocycles. The monoisotopic (exact) mass is 199 g/mol. The molecule has 0 radical (unpaired) electrons. The Morgan fingerprint density at radius 3 is 2.93 bits per heavy atom. The van der Waals surface area contributed by atoms with E-state index in [-0.39, 0.29) is 5.97 Å². The Balaban J connectivity index is 2.25. The minimum absolute atomic E-state index is 0.0626. The van der Waals surface area contributed by atoms with Crippen LogP contribution in [0.3, 0.4) is 0 Å². The number of nitrogens with one attached hydrogen (secondary N) is 1. The van der Waals surface area contributed by atoms with Crippen LogP contribution in [0.2, 0.25) is 0 Å². The van der Waals surface area contributed by atoms with Gasteiger partial charge in [0, 0.05) is 12.5 Å². The maximum atomic E-state index is 11.2. The Bertz CT molecular complexity index is 176. The van der Waals surface area contributed by atoms with E-state index in [4.69, 9.17) is 4.74 Å². The highest BCUT2D eigenvalue weighted by molar-refractivity contribution is 5.69. The van der Waals surface area contributed by atoms with Crippen molar-refractivity contribution in [3.05, 3.63) is 0 Å². The van der Waals surface area contributed by atoms with Gasteiger partial charge in [-0.3, -0.25) is 4.79 Å². The fourth-order valence-corrected chi connectivity index (χ4v) is 1.99. The molecule has 1 N–H and O–H groups in total. The van der Waals surface area contributed by atoms with E-state index < -0.39 is 0 Å². The lowest BCUT2D eigenvalue weighted by atomic mass is 9.91. The van der Waals surface area contributed by atoms with Crippen LogP contribution in [0.15, 0.2) is 0 Å². The molecule has 3 nitrogen and oxygen atoms in total. The van der Waals surface area contributed by atoms with Crippen LogP contribution < -0.4 is 5.32 Å². The first-order valence-electron chi connectivity index (χ1n) is 5.63. The van der Waals surface area contributed by atoms with Crippen LogP contribution in [-0.4, -0.2) is 25.2 Å². The third kappa shape index (κ3) is 3.66. The van der Waals surface area contributed by atoms with Crippen LogP contribution in [0.4, 0.5) is 0 Å². The fraction of sp³-hybridized carbons (Fsp3) is 0.909. The maximum Gasteiger partial charge on any atom is 0.306 e. The summed E-state index contributed by atoms with van der Waals surface area (Å²) < 4.78 is 4.94. The standard InChI is InChI=1S/C11H21NO2/c1-3-14-11(13)8-9(2)10-6-4-5-7-12-10/h9-10,12H,3-8H2,1-2H3. The van der Waals surface area contributed by atoms with E-state index in [1.807, 2.05) is 6.92 Å². The van der Waals surface area contributed by atoms with E-state index >= 15 is 0 Å². The number of piperidine rings is 1. The highest BCUT2D eigenvalue weighted by Gasteiger charge is 2.21. The van der Waals surface area contributed by atoms with Crippen molar-refractivity contribution in [1.29, 1.82) is 0 Å². The third-order valence-electron chi connectivity index (χ3n) is 2.83. The van der Waals surface area contributed by atoms with Crippen LogP contribution >= 0.6 is 0 Å². The van der Waals surface area contributed by atoms with Crippen LogP contribution in [0, 0.1) is 5.92 Å². The molecule has 0 aromatic rings. The minimum Gasteiger partial charge on any atom is -0.466 e. The Labute approximate surface area is 86.2 Å². The number of esters is 1. The molecular weight excluding hydrogens is 178 g/mol. The number of hydrogen-bond donors (Lipinski definition) is 1. The molecule has 1 heterocycles. The second-order valence-corrected chi connectivity index (χ2v) is 4.04. The second kappa shape index (κ2) is 6.02. The van der Waals surface area contributed by atoms with Crippen LogP contribution in [-0.2, 0) is 9.53 Å². The Hall–Kier alpha value is -0.570. The molecule has 0 bridgehead atoms. The summed E-state index contributed by atoms with van der Waals surface area (Å²) in [5.74, 6) is 0.335. The molecule has 2 unspecified atom stereocenters. The molecular formula is C11H21NO2. The molecule has 0 aliphatic carbocycles. The van der Waals surface area contributed by atoms with Crippen molar-refractivity contribution < 1.29 is 9.53 Å². The van der Waals surface area contributed by atoms with E-state index in [1.165, 1.54) is 19.3 Å². The molecule has 0 spiro atoms. The van der Waals surface area contributed by atoms with Crippen molar-refractivity contribution in [2.75, 3.05) is 13.2 Å². The van der Waals surface area contributed by atoms with Crippen molar-refractivity contribution in [3.8, 4) is 0 Å². The first-order valence-corrected chi connectivity index (χ1v) is 5.63. The molecule has 2 atom stereocenters. The largest absolute Gasteiger partial charge is 0.466 e. The van der Waals surface area contributed by atoms with E-state index in [1.54, 1.807) is 0 Å². The molecule has 0 saturated carbocycles. The zero-order valence-corrected chi connectivity index (χ0v) is 9.21. The Morgan fingerprint density at radius 1 is 1.57 bits per heavy atom. The number of hydrogen-bond acceptors (Lipinski definition) is 3. The zero-order chi connectivity index (χ0) is 10.4. The second-order valence-electron chi connectivity index (χ2n) is 4.04. The molecule has 0 amide bonds. The number of carbonyl (C=O) groups excluding carboxylic acids is 1. The van der Waals surface area contributed by atoms with Gasteiger partial charge >= 0.3 is 5.97 Å². The van der Waals surface area contributed by atoms with Gasteiger partial charge in [-0.05, 0) is 32.2 Å². The normalized spacial score (nSPS) is 24.3. The number of ether oxygens (including phenoxy) is 1. The van der Waals surface area contributed by atoms with E-state index in [2.05, 4.69) is 12.2 Å². The van der Waals surface area contributed by atoms with Gasteiger partial charge in [0.2, 0.25) is 0 Å². The highest BCUT2D eigenvalue weighted by atomic mass is 16.5. The summed E-state index contributed by atoms with van der Waals surface area (Å²) in [7, 11) is 0. The SMILES string of the molecule is CCOC(=O)CC(C)C1CCCCN1. The Kier molecular flexibility index (Phi) is 4.94. The van der Waals surface area contributed by atoms with Gasteiger partial charge in [0.05, 0.1) is 6.61 Å². The molecule has 1 aliphatic rings. The van der Waals surface area contributed by atoms with Crippen molar-refractivity contribution in [1.82, 2.24) is 5.32 Å². The summed E-state index contributed by atoms with van der Waals surface area (Å²) in [6, 6.07) is 0.508. The molecule has 1 aliphatic heterocycles. The van der Waals surface area contributed by atoms with Gasteiger partial charge in [-0.2, -0.15) is 0 Å². The van der Waals surface area contributed by atoms with Gasteiger partial charge < -0.3 is 10.1 Å². The lowest BCUT2D eigenvalue weighted by molar-refractivity contribution is -0.144. The average Bonchev–Trinajstić information content (AvgIpc) is 2.19. The van der Waals surface area contributed by atoms with Crippen LogP contribution in [0.25, 0.3) is 0 Å². The van der Waals surface area contributed by atoms with Crippen LogP contribution in [0.5, 0.6) is 0 Å². The van der Waals surface area contributed by atoms with Crippen molar-refractivity contribution in [2.24, 2.45) is 5.92 Å². The van der Waals surface area contributed by atoms with Crippen molar-refractivity contribution in [3.63, 3.8) is 0 Å². The van der Waals surface area contributed by atoms with E-state index in [0.717, 1.165) is 6.54 Å². The average molecular weight is 199 g/mol.